The van der Waals surface area contributed by atoms with Crippen molar-refractivity contribution >= 4 is 17.5 Å². The third-order valence-corrected chi connectivity index (χ3v) is 6.44. The fourth-order valence-electron chi connectivity index (χ4n) is 4.65. The first-order chi connectivity index (χ1) is 14.5. The molecule has 156 valence electrons. The van der Waals surface area contributed by atoms with Gasteiger partial charge in [-0.2, -0.15) is 0 Å². The van der Waals surface area contributed by atoms with Crippen LogP contribution in [0.1, 0.15) is 51.9 Å². The Labute approximate surface area is 173 Å². The molecule has 1 aromatic heterocycles. The molecule has 1 atom stereocenters. The number of benzene rings is 1. The van der Waals surface area contributed by atoms with Gasteiger partial charge in [0, 0.05) is 44.3 Å². The lowest BCUT2D eigenvalue weighted by Gasteiger charge is -2.36. The van der Waals surface area contributed by atoms with Crippen molar-refractivity contribution in [3.63, 3.8) is 0 Å². The number of nitrogens with zero attached hydrogens (tertiary/aromatic N) is 4. The van der Waals surface area contributed by atoms with Crippen LogP contribution in [0.15, 0.2) is 29.4 Å². The molecule has 2 amide bonds. The summed E-state index contributed by atoms with van der Waals surface area (Å²) < 4.78 is 15.0. The molecule has 0 radical (unpaired) electrons. The predicted molar refractivity (Wildman–Crippen MR) is 108 cm³/mol. The topological polar surface area (TPSA) is 75.0 Å². The second-order valence-corrected chi connectivity index (χ2v) is 8.57. The van der Waals surface area contributed by atoms with E-state index >= 15 is 0 Å². The van der Waals surface area contributed by atoms with Gasteiger partial charge in [-0.3, -0.25) is 9.59 Å². The van der Waals surface area contributed by atoms with Crippen molar-refractivity contribution in [2.45, 2.75) is 45.3 Å². The molecule has 5 rings (SSSR count). The summed E-state index contributed by atoms with van der Waals surface area (Å²) in [5, 5.41) is 3.15. The van der Waals surface area contributed by atoms with Crippen LogP contribution in [0.2, 0.25) is 0 Å². The molecular formula is C22H23FN4O3. The molecular weight excluding hydrogens is 387 g/mol. The first kappa shape index (κ1) is 19.0. The van der Waals surface area contributed by atoms with Crippen LogP contribution in [0.5, 0.6) is 0 Å². The van der Waals surface area contributed by atoms with Gasteiger partial charge in [0.1, 0.15) is 11.5 Å². The van der Waals surface area contributed by atoms with Crippen LogP contribution in [-0.4, -0.2) is 45.3 Å². The first-order valence-electron chi connectivity index (χ1n) is 10.4. The average Bonchev–Trinajstić information content (AvgIpc) is 3.49. The summed E-state index contributed by atoms with van der Waals surface area (Å²) in [7, 11) is 0. The van der Waals surface area contributed by atoms with Gasteiger partial charge in [-0.25, -0.2) is 4.39 Å². The zero-order valence-electron chi connectivity index (χ0n) is 16.8. The molecule has 8 heteroatoms. The highest BCUT2D eigenvalue weighted by Crippen LogP contribution is 2.40. The summed E-state index contributed by atoms with van der Waals surface area (Å²) >= 11 is 0. The maximum absolute atomic E-state index is 13.3. The van der Waals surface area contributed by atoms with E-state index in [9.17, 15) is 18.9 Å². The minimum absolute atomic E-state index is 0.00829. The molecule has 0 N–H and O–H groups in total. The molecule has 1 aliphatic carbocycles. The number of nitroso groups, excluding NO2 is 1. The van der Waals surface area contributed by atoms with Crippen molar-refractivity contribution in [2.24, 2.45) is 11.1 Å². The van der Waals surface area contributed by atoms with Crippen molar-refractivity contribution in [1.82, 2.24) is 14.4 Å². The summed E-state index contributed by atoms with van der Waals surface area (Å²) in [6.07, 6.45) is 2.81. The Morgan fingerprint density at radius 2 is 1.87 bits per heavy atom. The van der Waals surface area contributed by atoms with Gasteiger partial charge in [0.2, 0.25) is 0 Å². The van der Waals surface area contributed by atoms with E-state index in [0.717, 1.165) is 24.1 Å². The lowest BCUT2D eigenvalue weighted by Crippen LogP contribution is -2.47. The molecule has 0 bridgehead atoms. The van der Waals surface area contributed by atoms with Crippen LogP contribution in [0.4, 0.5) is 10.1 Å². The monoisotopic (exact) mass is 410 g/mol. The molecule has 2 aromatic rings. The Balaban J connectivity index is 1.49. The Hall–Kier alpha value is -3.03. The maximum Gasteiger partial charge on any atom is 0.273 e. The molecule has 1 fully saturated rings. The van der Waals surface area contributed by atoms with E-state index < -0.39 is 0 Å². The van der Waals surface area contributed by atoms with Crippen molar-refractivity contribution in [1.29, 1.82) is 0 Å². The van der Waals surface area contributed by atoms with E-state index in [0.29, 0.717) is 38.5 Å². The van der Waals surface area contributed by atoms with Crippen LogP contribution in [0.3, 0.4) is 0 Å². The van der Waals surface area contributed by atoms with E-state index in [-0.39, 0.29) is 40.6 Å². The van der Waals surface area contributed by atoms with Gasteiger partial charge in [-0.05, 0) is 48.6 Å². The second-order valence-electron chi connectivity index (χ2n) is 8.57. The van der Waals surface area contributed by atoms with Gasteiger partial charge in [0.05, 0.1) is 5.56 Å². The summed E-state index contributed by atoms with van der Waals surface area (Å²) in [4.78, 5) is 41.7. The molecule has 2 aliphatic heterocycles. The Kier molecular flexibility index (Phi) is 4.45. The van der Waals surface area contributed by atoms with Gasteiger partial charge in [0.15, 0.2) is 5.69 Å². The Morgan fingerprint density at radius 3 is 2.53 bits per heavy atom. The normalized spacial score (nSPS) is 20.9. The van der Waals surface area contributed by atoms with Crippen molar-refractivity contribution in [3.8, 4) is 0 Å². The number of carbonyl (C=O) groups is 2. The van der Waals surface area contributed by atoms with E-state index in [1.807, 2.05) is 16.4 Å². The van der Waals surface area contributed by atoms with Gasteiger partial charge in [-0.15, -0.1) is 4.91 Å². The number of fused-ring (bicyclic) bond motifs is 3. The fraction of sp³-hybridized carbons (Fsp3) is 0.455. The number of halogens is 1. The SMILES string of the molecule is CC1Cn2c3c(c(N=O)c2C(=O)N1CC1CC1)C(=O)N(Cc1ccc(F)cc1)CC3. The van der Waals surface area contributed by atoms with E-state index in [1.54, 1.807) is 17.0 Å². The first-order valence-corrected chi connectivity index (χ1v) is 10.4. The van der Waals surface area contributed by atoms with Crippen LogP contribution in [-0.2, 0) is 19.5 Å². The highest BCUT2D eigenvalue weighted by atomic mass is 19.1. The fourth-order valence-corrected chi connectivity index (χ4v) is 4.65. The standard InChI is InChI=1S/C22H23FN4O3/c1-13-10-27-17-8-9-25(11-14-4-6-16(23)7-5-14)21(28)18(17)19(24-30)20(27)22(29)26(13)12-15-2-3-15/h4-7,13,15H,2-3,8-12H2,1H3. The Bertz CT molecular complexity index is 1040. The molecule has 3 aliphatic rings. The second kappa shape index (κ2) is 7.04. The molecule has 1 aromatic carbocycles. The van der Waals surface area contributed by atoms with Crippen LogP contribution in [0, 0.1) is 16.6 Å². The van der Waals surface area contributed by atoms with Crippen molar-refractivity contribution < 1.29 is 14.0 Å². The third-order valence-electron chi connectivity index (χ3n) is 6.44. The highest BCUT2D eigenvalue weighted by molar-refractivity contribution is 6.08. The third kappa shape index (κ3) is 3.02. The van der Waals surface area contributed by atoms with Crippen LogP contribution >= 0.6 is 0 Å². The highest BCUT2D eigenvalue weighted by Gasteiger charge is 2.42. The summed E-state index contributed by atoms with van der Waals surface area (Å²) in [5.41, 5.74) is 2.01. The minimum Gasteiger partial charge on any atom is -0.336 e. The molecule has 0 spiro atoms. The van der Waals surface area contributed by atoms with Crippen molar-refractivity contribution in [2.75, 3.05) is 13.1 Å². The minimum atomic E-state index is -0.332. The summed E-state index contributed by atoms with van der Waals surface area (Å²) in [5.74, 6) is -0.302. The molecule has 0 saturated heterocycles. The van der Waals surface area contributed by atoms with Crippen LogP contribution < -0.4 is 0 Å². The van der Waals surface area contributed by atoms with Crippen LogP contribution in [0.25, 0.3) is 0 Å². The van der Waals surface area contributed by atoms with Gasteiger partial charge >= 0.3 is 0 Å². The number of rotatable bonds is 5. The number of amides is 2. The molecule has 1 saturated carbocycles. The van der Waals surface area contributed by atoms with Gasteiger partial charge in [0.25, 0.3) is 11.8 Å². The Morgan fingerprint density at radius 1 is 1.13 bits per heavy atom. The summed E-state index contributed by atoms with van der Waals surface area (Å²) in [6, 6.07) is 6.01. The van der Waals surface area contributed by atoms with E-state index in [1.165, 1.54) is 12.1 Å². The van der Waals surface area contributed by atoms with Gasteiger partial charge in [-0.1, -0.05) is 12.1 Å². The molecule has 7 nitrogen and oxygen atoms in total. The summed E-state index contributed by atoms with van der Waals surface area (Å²) in [6.45, 7) is 4.06. The smallest absolute Gasteiger partial charge is 0.273 e. The van der Waals surface area contributed by atoms with E-state index in [4.69, 9.17) is 0 Å². The molecule has 1 unspecified atom stereocenters. The number of hydrogen-bond donors (Lipinski definition) is 0. The number of aromatic nitrogens is 1. The van der Waals surface area contributed by atoms with Crippen molar-refractivity contribution in [3.05, 3.63) is 57.5 Å². The number of hydrogen-bond acceptors (Lipinski definition) is 4. The largest absolute Gasteiger partial charge is 0.336 e. The molecule has 3 heterocycles. The molecule has 30 heavy (non-hydrogen) atoms. The lowest BCUT2D eigenvalue weighted by molar-refractivity contribution is 0.0598. The maximum atomic E-state index is 13.3. The van der Waals surface area contributed by atoms with E-state index in [2.05, 4.69) is 5.18 Å². The quantitative estimate of drug-likeness (QED) is 0.709. The predicted octanol–water partition coefficient (Wildman–Crippen LogP) is 3.48. The van der Waals surface area contributed by atoms with Gasteiger partial charge < -0.3 is 14.4 Å². The zero-order valence-corrected chi connectivity index (χ0v) is 16.8. The average molecular weight is 410 g/mol. The zero-order chi connectivity index (χ0) is 21.0. The number of carbonyl (C=O) groups excluding carboxylic acids is 2. The lowest BCUT2D eigenvalue weighted by atomic mass is 10.0.